The molecule has 0 aliphatic rings. The van der Waals surface area contributed by atoms with Crippen molar-refractivity contribution < 1.29 is 19.7 Å². The third-order valence-electron chi connectivity index (χ3n) is 3.16. The third kappa shape index (κ3) is 5.06. The number of carbonyl (C=O) groups is 1. The zero-order chi connectivity index (χ0) is 18.4. The largest absolute Gasteiger partial charge is 0.505 e. The van der Waals surface area contributed by atoms with Crippen molar-refractivity contribution in [3.8, 4) is 11.5 Å². The molecule has 1 amide bonds. The number of pyridine rings is 1. The highest BCUT2D eigenvalue weighted by Crippen LogP contribution is 2.27. The summed E-state index contributed by atoms with van der Waals surface area (Å²) in [4.78, 5) is 15.7. The van der Waals surface area contributed by atoms with Gasteiger partial charge in [0.2, 0.25) is 0 Å². The van der Waals surface area contributed by atoms with E-state index in [2.05, 4.69) is 15.5 Å². The maximum absolute atomic E-state index is 11.7. The van der Waals surface area contributed by atoms with Crippen molar-refractivity contribution in [3.63, 3.8) is 0 Å². The number of hydrazone groups is 1. The number of hydrogen-bond donors (Lipinski definition) is 3. The quantitative estimate of drug-likeness (QED) is 0.524. The molecule has 0 atom stereocenters. The van der Waals surface area contributed by atoms with Crippen LogP contribution >= 0.6 is 23.2 Å². The van der Waals surface area contributed by atoms with Crippen LogP contribution in [0.4, 0.5) is 0 Å². The second-order valence-corrected chi connectivity index (χ2v) is 5.79. The maximum Gasteiger partial charge on any atom is 0.277 e. The van der Waals surface area contributed by atoms with Crippen LogP contribution in [0.25, 0.3) is 0 Å². The molecule has 0 bridgehead atoms. The number of rotatable bonds is 6. The van der Waals surface area contributed by atoms with Crippen molar-refractivity contribution in [1.29, 1.82) is 0 Å². The minimum atomic E-state index is -0.530. The highest BCUT2D eigenvalue weighted by atomic mass is 35.5. The van der Waals surface area contributed by atoms with Gasteiger partial charge in [0.15, 0.2) is 6.61 Å². The van der Waals surface area contributed by atoms with E-state index in [-0.39, 0.29) is 29.5 Å². The van der Waals surface area contributed by atoms with Crippen molar-refractivity contribution in [2.45, 2.75) is 13.5 Å². The molecule has 2 rings (SSSR count). The average molecular weight is 384 g/mol. The summed E-state index contributed by atoms with van der Waals surface area (Å²) in [5, 5.41) is 23.7. The van der Waals surface area contributed by atoms with Crippen LogP contribution in [-0.4, -0.2) is 33.9 Å². The summed E-state index contributed by atoms with van der Waals surface area (Å²) >= 11 is 11.7. The zero-order valence-electron chi connectivity index (χ0n) is 13.2. The Hall–Kier alpha value is -2.35. The number of nitrogens with one attached hydrogen (secondary N) is 1. The summed E-state index contributed by atoms with van der Waals surface area (Å²) in [5.74, 6) is -0.331. The molecule has 7 nitrogen and oxygen atoms in total. The molecule has 25 heavy (non-hydrogen) atoms. The Bertz CT molecular complexity index is 812. The number of ether oxygens (including phenoxy) is 1. The number of aliphatic hydroxyl groups excluding tert-OH is 1. The molecule has 1 aromatic heterocycles. The van der Waals surface area contributed by atoms with Gasteiger partial charge in [-0.25, -0.2) is 5.43 Å². The first-order valence-corrected chi connectivity index (χ1v) is 7.86. The standard InChI is InChI=1S/C16H15Cl2N3O4/c1-9-16(24)12(10(7-22)5-19-9)6-20-21-15(23)8-25-14-3-2-11(17)4-13(14)18/h2-6,22,24H,7-8H2,1H3,(H,21,23)/b20-6+. The predicted octanol–water partition coefficient (Wildman–Crippen LogP) is 2.42. The molecule has 132 valence electrons. The Morgan fingerprint density at radius 2 is 2.20 bits per heavy atom. The van der Waals surface area contributed by atoms with Crippen LogP contribution in [0, 0.1) is 6.92 Å². The first-order chi connectivity index (χ1) is 11.9. The maximum atomic E-state index is 11.7. The van der Waals surface area contributed by atoms with E-state index >= 15 is 0 Å². The molecule has 0 aliphatic heterocycles. The van der Waals surface area contributed by atoms with Crippen LogP contribution in [0.1, 0.15) is 16.8 Å². The summed E-state index contributed by atoms with van der Waals surface area (Å²) in [7, 11) is 0. The zero-order valence-corrected chi connectivity index (χ0v) is 14.7. The van der Waals surface area contributed by atoms with Gasteiger partial charge < -0.3 is 14.9 Å². The van der Waals surface area contributed by atoms with E-state index < -0.39 is 5.91 Å². The lowest BCUT2D eigenvalue weighted by Crippen LogP contribution is -2.24. The number of carbonyl (C=O) groups excluding carboxylic acids is 1. The normalized spacial score (nSPS) is 10.9. The Balaban J connectivity index is 1.96. The number of benzene rings is 1. The van der Waals surface area contributed by atoms with E-state index in [1.165, 1.54) is 18.5 Å². The van der Waals surface area contributed by atoms with Crippen molar-refractivity contribution in [1.82, 2.24) is 10.4 Å². The molecular formula is C16H15Cl2N3O4. The first-order valence-electron chi connectivity index (χ1n) is 7.10. The number of aromatic nitrogens is 1. The second-order valence-electron chi connectivity index (χ2n) is 4.95. The summed E-state index contributed by atoms with van der Waals surface area (Å²) < 4.78 is 5.27. The summed E-state index contributed by atoms with van der Waals surface area (Å²) in [5.41, 5.74) is 3.29. The predicted molar refractivity (Wildman–Crippen MR) is 94.3 cm³/mol. The Morgan fingerprint density at radius 3 is 2.88 bits per heavy atom. The van der Waals surface area contributed by atoms with Crippen molar-refractivity contribution in [2.24, 2.45) is 5.10 Å². The van der Waals surface area contributed by atoms with E-state index in [0.29, 0.717) is 22.0 Å². The number of aryl methyl sites for hydroxylation is 1. The molecule has 0 aliphatic carbocycles. The number of aromatic hydroxyl groups is 1. The van der Waals surface area contributed by atoms with E-state index in [1.807, 2.05) is 0 Å². The van der Waals surface area contributed by atoms with Crippen molar-refractivity contribution in [3.05, 3.63) is 51.3 Å². The van der Waals surface area contributed by atoms with Gasteiger partial charge in [-0.1, -0.05) is 23.2 Å². The topological polar surface area (TPSA) is 104 Å². The van der Waals surface area contributed by atoms with Crippen LogP contribution in [0.5, 0.6) is 11.5 Å². The van der Waals surface area contributed by atoms with Gasteiger partial charge in [-0.3, -0.25) is 9.78 Å². The average Bonchev–Trinajstić information content (AvgIpc) is 2.58. The Morgan fingerprint density at radius 1 is 1.44 bits per heavy atom. The minimum absolute atomic E-state index is 0.117. The van der Waals surface area contributed by atoms with Crippen LogP contribution in [-0.2, 0) is 11.4 Å². The van der Waals surface area contributed by atoms with E-state index in [4.69, 9.17) is 27.9 Å². The lowest BCUT2D eigenvalue weighted by Gasteiger charge is -2.08. The van der Waals surface area contributed by atoms with Gasteiger partial charge in [-0.15, -0.1) is 0 Å². The molecule has 0 spiro atoms. The van der Waals surface area contributed by atoms with Gasteiger partial charge in [0, 0.05) is 22.3 Å². The summed E-state index contributed by atoms with van der Waals surface area (Å²) in [6, 6.07) is 4.63. The number of nitrogens with zero attached hydrogens (tertiary/aromatic N) is 2. The van der Waals surface area contributed by atoms with Gasteiger partial charge in [0.1, 0.15) is 11.5 Å². The van der Waals surface area contributed by atoms with Gasteiger partial charge in [-0.2, -0.15) is 5.10 Å². The highest BCUT2D eigenvalue weighted by molar-refractivity contribution is 6.35. The molecule has 3 N–H and O–H groups in total. The van der Waals surface area contributed by atoms with Crippen molar-refractivity contribution in [2.75, 3.05) is 6.61 Å². The number of aliphatic hydroxyl groups is 1. The van der Waals surface area contributed by atoms with Gasteiger partial charge in [0.05, 0.1) is 23.5 Å². The lowest BCUT2D eigenvalue weighted by molar-refractivity contribution is -0.123. The number of halogens is 2. The monoisotopic (exact) mass is 383 g/mol. The fraction of sp³-hybridized carbons (Fsp3) is 0.188. The highest BCUT2D eigenvalue weighted by Gasteiger charge is 2.10. The molecule has 0 saturated heterocycles. The number of hydrogen-bond acceptors (Lipinski definition) is 6. The Kier molecular flexibility index (Phi) is 6.58. The summed E-state index contributed by atoms with van der Waals surface area (Å²) in [6.07, 6.45) is 2.65. The van der Waals surface area contributed by atoms with E-state index in [1.54, 1.807) is 19.1 Å². The van der Waals surface area contributed by atoms with E-state index in [9.17, 15) is 15.0 Å². The molecule has 2 aromatic rings. The van der Waals surface area contributed by atoms with Crippen LogP contribution in [0.15, 0.2) is 29.5 Å². The SMILES string of the molecule is Cc1ncc(CO)c(/C=N/NC(=O)COc2ccc(Cl)cc2Cl)c1O. The van der Waals surface area contributed by atoms with E-state index in [0.717, 1.165) is 0 Å². The minimum Gasteiger partial charge on any atom is -0.505 e. The lowest BCUT2D eigenvalue weighted by atomic mass is 10.1. The van der Waals surface area contributed by atoms with Crippen molar-refractivity contribution >= 4 is 35.3 Å². The molecule has 1 aromatic carbocycles. The van der Waals surface area contributed by atoms with Crippen LogP contribution in [0.2, 0.25) is 10.0 Å². The van der Waals surface area contributed by atoms with Gasteiger partial charge in [-0.05, 0) is 25.1 Å². The van der Waals surface area contributed by atoms with Gasteiger partial charge >= 0.3 is 0 Å². The molecule has 1 heterocycles. The fourth-order valence-electron chi connectivity index (χ4n) is 1.86. The summed E-state index contributed by atoms with van der Waals surface area (Å²) in [6.45, 7) is 0.970. The molecule has 0 radical (unpaired) electrons. The molecule has 0 unspecified atom stereocenters. The second kappa shape index (κ2) is 8.66. The number of amides is 1. The first kappa shape index (κ1) is 19.0. The third-order valence-corrected chi connectivity index (χ3v) is 3.69. The molecular weight excluding hydrogens is 369 g/mol. The molecule has 0 fully saturated rings. The Labute approximate surface area is 153 Å². The smallest absolute Gasteiger partial charge is 0.277 e. The van der Waals surface area contributed by atoms with Crippen LogP contribution < -0.4 is 10.2 Å². The fourth-order valence-corrected chi connectivity index (χ4v) is 2.32. The van der Waals surface area contributed by atoms with Gasteiger partial charge in [0.25, 0.3) is 5.91 Å². The van der Waals surface area contributed by atoms with Crippen LogP contribution in [0.3, 0.4) is 0 Å². The molecule has 9 heteroatoms. The molecule has 0 saturated carbocycles.